The van der Waals surface area contributed by atoms with Gasteiger partial charge >= 0.3 is 6.36 Å². The van der Waals surface area contributed by atoms with Crippen molar-refractivity contribution < 1.29 is 22.6 Å². The van der Waals surface area contributed by atoms with Crippen molar-refractivity contribution in [2.24, 2.45) is 0 Å². The van der Waals surface area contributed by atoms with Crippen LogP contribution in [0.25, 0.3) is 22.6 Å². The van der Waals surface area contributed by atoms with Gasteiger partial charge in [0.25, 0.3) is 0 Å². The van der Waals surface area contributed by atoms with Crippen LogP contribution in [0, 0.1) is 6.92 Å². The number of imidazole rings is 1. The maximum absolute atomic E-state index is 13.2. The molecule has 1 aromatic carbocycles. The summed E-state index contributed by atoms with van der Waals surface area (Å²) in [6, 6.07) is 6.11. The van der Waals surface area contributed by atoms with E-state index in [1.54, 1.807) is 12.1 Å². The van der Waals surface area contributed by atoms with E-state index in [1.165, 1.54) is 12.1 Å². The molecular formula is C23H27F3N6O2. The average Bonchev–Trinajstić information content (AvgIpc) is 3.18. The van der Waals surface area contributed by atoms with Gasteiger partial charge in [-0.05, 0) is 38.9 Å². The van der Waals surface area contributed by atoms with Gasteiger partial charge in [0.15, 0.2) is 17.0 Å². The molecule has 0 saturated carbocycles. The van der Waals surface area contributed by atoms with E-state index in [0.29, 0.717) is 48.9 Å². The third-order valence-corrected chi connectivity index (χ3v) is 6.35. The van der Waals surface area contributed by atoms with E-state index in [1.807, 2.05) is 11.5 Å². The second kappa shape index (κ2) is 9.03. The summed E-state index contributed by atoms with van der Waals surface area (Å²) in [5.41, 5.74) is 1.50. The topological polar surface area (TPSA) is 68.5 Å². The molecule has 5 rings (SSSR count). The summed E-state index contributed by atoms with van der Waals surface area (Å²) in [5, 5.41) is 0. The van der Waals surface area contributed by atoms with Crippen molar-refractivity contribution in [2.75, 3.05) is 51.3 Å². The normalized spacial score (nSPS) is 18.6. The summed E-state index contributed by atoms with van der Waals surface area (Å²) in [4.78, 5) is 18.7. The van der Waals surface area contributed by atoms with Gasteiger partial charge in [-0.2, -0.15) is 0 Å². The maximum Gasteiger partial charge on any atom is 0.573 e. The highest BCUT2D eigenvalue weighted by Gasteiger charge is 2.34. The predicted octanol–water partition coefficient (Wildman–Crippen LogP) is 3.80. The zero-order valence-corrected chi connectivity index (χ0v) is 19.2. The Hall–Kier alpha value is -2.92. The molecular weight excluding hydrogens is 449 g/mol. The molecule has 0 bridgehead atoms. The Morgan fingerprint density at radius 1 is 1.00 bits per heavy atom. The number of piperazine rings is 1. The SMILES string of the molecule is Cc1nc(N2CCN(C)CC2)c2nc(-c3ccccc3OC(F)(F)F)n(C3CCOCC3)c2n1. The van der Waals surface area contributed by atoms with Crippen LogP contribution in [0.15, 0.2) is 24.3 Å². The molecule has 34 heavy (non-hydrogen) atoms. The molecule has 2 fully saturated rings. The molecule has 11 heteroatoms. The molecule has 2 aliphatic rings. The largest absolute Gasteiger partial charge is 0.573 e. The van der Waals surface area contributed by atoms with Crippen LogP contribution in [0.3, 0.4) is 0 Å². The van der Waals surface area contributed by atoms with E-state index in [2.05, 4.69) is 21.6 Å². The number of benzene rings is 1. The third-order valence-electron chi connectivity index (χ3n) is 6.35. The van der Waals surface area contributed by atoms with Gasteiger partial charge in [-0.15, -0.1) is 13.2 Å². The van der Waals surface area contributed by atoms with Gasteiger partial charge in [-0.25, -0.2) is 15.0 Å². The molecule has 0 spiro atoms. The number of para-hydroxylation sites is 1. The number of anilines is 1. The lowest BCUT2D eigenvalue weighted by Gasteiger charge is -2.33. The number of halogens is 3. The summed E-state index contributed by atoms with van der Waals surface area (Å²) in [6.07, 6.45) is -3.38. The number of fused-ring (bicyclic) bond motifs is 1. The predicted molar refractivity (Wildman–Crippen MR) is 121 cm³/mol. The van der Waals surface area contributed by atoms with E-state index in [9.17, 15) is 13.2 Å². The molecule has 0 amide bonds. The smallest absolute Gasteiger partial charge is 0.405 e. The molecule has 2 aromatic heterocycles. The van der Waals surface area contributed by atoms with Gasteiger partial charge in [0.05, 0.1) is 5.56 Å². The van der Waals surface area contributed by atoms with Gasteiger partial charge < -0.3 is 23.8 Å². The summed E-state index contributed by atoms with van der Waals surface area (Å²) in [7, 11) is 2.08. The second-order valence-corrected chi connectivity index (χ2v) is 8.75. The second-order valence-electron chi connectivity index (χ2n) is 8.75. The number of aryl methyl sites for hydroxylation is 1. The first-order valence-corrected chi connectivity index (χ1v) is 11.4. The molecule has 2 saturated heterocycles. The van der Waals surface area contributed by atoms with Crippen molar-refractivity contribution in [1.29, 1.82) is 0 Å². The van der Waals surface area contributed by atoms with Gasteiger partial charge in [-0.1, -0.05) is 12.1 Å². The number of nitrogens with zero attached hydrogens (tertiary/aromatic N) is 6. The van der Waals surface area contributed by atoms with Crippen LogP contribution in [0.1, 0.15) is 24.7 Å². The molecule has 0 aliphatic carbocycles. The van der Waals surface area contributed by atoms with Gasteiger partial charge in [0, 0.05) is 45.4 Å². The summed E-state index contributed by atoms with van der Waals surface area (Å²) in [5.74, 6) is 1.43. The minimum atomic E-state index is -4.81. The van der Waals surface area contributed by atoms with Crippen LogP contribution in [0.5, 0.6) is 5.75 Å². The molecule has 0 atom stereocenters. The molecule has 3 aromatic rings. The van der Waals surface area contributed by atoms with Crippen LogP contribution in [-0.2, 0) is 4.74 Å². The van der Waals surface area contributed by atoms with Gasteiger partial charge in [0.1, 0.15) is 17.4 Å². The van der Waals surface area contributed by atoms with E-state index in [4.69, 9.17) is 19.7 Å². The zero-order valence-electron chi connectivity index (χ0n) is 19.2. The Bertz CT molecular complexity index is 1170. The first kappa shape index (κ1) is 22.9. The lowest BCUT2D eigenvalue weighted by molar-refractivity contribution is -0.274. The minimum Gasteiger partial charge on any atom is -0.405 e. The molecule has 8 nitrogen and oxygen atoms in total. The number of rotatable bonds is 4. The van der Waals surface area contributed by atoms with E-state index < -0.39 is 6.36 Å². The van der Waals surface area contributed by atoms with Crippen LogP contribution in [-0.4, -0.2) is 77.2 Å². The van der Waals surface area contributed by atoms with Crippen LogP contribution in [0.2, 0.25) is 0 Å². The number of alkyl halides is 3. The maximum atomic E-state index is 13.2. The summed E-state index contributed by atoms with van der Waals surface area (Å²) in [6.45, 7) is 6.33. The van der Waals surface area contributed by atoms with E-state index in [-0.39, 0.29) is 17.4 Å². The van der Waals surface area contributed by atoms with Crippen LogP contribution in [0.4, 0.5) is 19.0 Å². The molecule has 0 unspecified atom stereocenters. The van der Waals surface area contributed by atoms with Crippen molar-refractivity contribution in [2.45, 2.75) is 32.2 Å². The third kappa shape index (κ3) is 4.54. The molecule has 2 aliphatic heterocycles. The fourth-order valence-corrected chi connectivity index (χ4v) is 4.65. The molecule has 182 valence electrons. The van der Waals surface area contributed by atoms with Crippen molar-refractivity contribution in [3.8, 4) is 17.1 Å². The number of aromatic nitrogens is 4. The Morgan fingerprint density at radius 3 is 2.41 bits per heavy atom. The highest BCUT2D eigenvalue weighted by Crippen LogP contribution is 2.39. The Kier molecular flexibility index (Phi) is 6.07. The van der Waals surface area contributed by atoms with Crippen molar-refractivity contribution in [3.63, 3.8) is 0 Å². The van der Waals surface area contributed by atoms with Gasteiger partial charge in [0.2, 0.25) is 0 Å². The van der Waals surface area contributed by atoms with Crippen LogP contribution < -0.4 is 9.64 Å². The van der Waals surface area contributed by atoms with Gasteiger partial charge in [-0.3, -0.25) is 0 Å². The molecule has 0 N–H and O–H groups in total. The Balaban J connectivity index is 1.71. The van der Waals surface area contributed by atoms with Crippen molar-refractivity contribution in [1.82, 2.24) is 24.4 Å². The monoisotopic (exact) mass is 476 g/mol. The standard InChI is InChI=1S/C23H27F3N6O2/c1-15-27-21(31-11-9-30(2)10-12-31)19-22(28-15)32(16-7-13-33-14-8-16)20(29-19)17-5-3-4-6-18(17)34-23(24,25)26/h3-6,16H,7-14H2,1-2H3. The Morgan fingerprint density at radius 2 is 1.71 bits per heavy atom. The fraction of sp³-hybridized carbons (Fsp3) is 0.522. The lowest BCUT2D eigenvalue weighted by atomic mass is 10.1. The number of likely N-dealkylation sites (N-methyl/N-ethyl adjacent to an activating group) is 1. The Labute approximate surface area is 195 Å². The highest BCUT2D eigenvalue weighted by atomic mass is 19.4. The molecule has 4 heterocycles. The number of ether oxygens (including phenoxy) is 2. The fourth-order valence-electron chi connectivity index (χ4n) is 4.65. The van der Waals surface area contributed by atoms with Crippen LogP contribution >= 0.6 is 0 Å². The first-order chi connectivity index (χ1) is 16.3. The lowest BCUT2D eigenvalue weighted by Crippen LogP contribution is -2.45. The van der Waals surface area contributed by atoms with E-state index >= 15 is 0 Å². The van der Waals surface area contributed by atoms with Crippen molar-refractivity contribution in [3.05, 3.63) is 30.1 Å². The minimum absolute atomic E-state index is 0.0117. The average molecular weight is 477 g/mol. The van der Waals surface area contributed by atoms with Crippen molar-refractivity contribution >= 4 is 17.0 Å². The van der Waals surface area contributed by atoms with E-state index in [0.717, 1.165) is 32.0 Å². The highest BCUT2D eigenvalue weighted by molar-refractivity contribution is 5.88. The zero-order chi connectivity index (χ0) is 23.9. The quantitative estimate of drug-likeness (QED) is 0.567. The first-order valence-electron chi connectivity index (χ1n) is 11.4. The summed E-state index contributed by atoms with van der Waals surface area (Å²) < 4.78 is 51.5. The number of hydrogen-bond acceptors (Lipinski definition) is 7. The molecule has 0 radical (unpaired) electrons. The number of hydrogen-bond donors (Lipinski definition) is 0. The summed E-state index contributed by atoms with van der Waals surface area (Å²) >= 11 is 0.